The third-order valence-corrected chi connectivity index (χ3v) is 4.37. The van der Waals surface area contributed by atoms with Crippen LogP contribution in [-0.2, 0) is 0 Å². The molecule has 2 atom stereocenters. The van der Waals surface area contributed by atoms with E-state index in [1.165, 1.54) is 0 Å². The van der Waals surface area contributed by atoms with Crippen molar-refractivity contribution in [1.29, 1.82) is 0 Å². The van der Waals surface area contributed by atoms with Gasteiger partial charge in [-0.1, -0.05) is 12.2 Å². The first-order valence-electron chi connectivity index (χ1n) is 7.48. The molecule has 2 unspecified atom stereocenters. The third kappa shape index (κ3) is 3.67. The summed E-state index contributed by atoms with van der Waals surface area (Å²) in [7, 11) is 0. The molecule has 2 heterocycles. The molecule has 0 aliphatic carbocycles. The Morgan fingerprint density at radius 1 is 1.05 bits per heavy atom. The Kier molecular flexibility index (Phi) is 4.80. The molecule has 0 bridgehead atoms. The zero-order valence-electron chi connectivity index (χ0n) is 12.6. The average molecular weight is 266 g/mol. The van der Waals surface area contributed by atoms with Gasteiger partial charge in [0.25, 0.3) is 0 Å². The molecule has 0 saturated heterocycles. The van der Waals surface area contributed by atoms with E-state index in [0.29, 0.717) is 30.5 Å². The molecule has 2 aliphatic heterocycles. The highest BCUT2D eigenvalue weighted by Crippen LogP contribution is 2.28. The van der Waals surface area contributed by atoms with E-state index in [2.05, 4.69) is 49.6 Å². The van der Waals surface area contributed by atoms with Crippen LogP contribution in [0.1, 0.15) is 27.7 Å². The second-order valence-electron chi connectivity index (χ2n) is 6.44. The van der Waals surface area contributed by atoms with Crippen molar-refractivity contribution in [2.75, 3.05) is 26.2 Å². The highest BCUT2D eigenvalue weighted by atomic mass is 19.1. The van der Waals surface area contributed by atoms with Crippen molar-refractivity contribution >= 4 is 0 Å². The van der Waals surface area contributed by atoms with Gasteiger partial charge in [0.1, 0.15) is 5.83 Å². The maximum atomic E-state index is 13.8. The second-order valence-corrected chi connectivity index (χ2v) is 6.44. The zero-order valence-corrected chi connectivity index (χ0v) is 12.6. The molecule has 3 heteroatoms. The predicted octanol–water partition coefficient (Wildman–Crippen LogP) is 3.08. The minimum atomic E-state index is 0.0417. The van der Waals surface area contributed by atoms with Crippen LogP contribution in [0.2, 0.25) is 0 Å². The van der Waals surface area contributed by atoms with Crippen LogP contribution in [0.15, 0.2) is 24.1 Å². The summed E-state index contributed by atoms with van der Waals surface area (Å²) in [6, 6.07) is 0.974. The Morgan fingerprint density at radius 3 is 2.32 bits per heavy atom. The van der Waals surface area contributed by atoms with Crippen LogP contribution >= 0.6 is 0 Å². The second kappa shape index (κ2) is 6.19. The molecule has 2 rings (SSSR count). The summed E-state index contributed by atoms with van der Waals surface area (Å²) in [4.78, 5) is 4.70. The standard InChI is InChI=1S/C16H27FN2/c1-12(2)18-7-5-6-14(9-18)15-8-16(17)11-19(10-15)13(3)4/h5-6,8,12-15H,7,9-11H2,1-4H3. The zero-order chi connectivity index (χ0) is 14.0. The highest BCUT2D eigenvalue weighted by Gasteiger charge is 2.29. The first kappa shape index (κ1) is 14.7. The van der Waals surface area contributed by atoms with Crippen LogP contribution in [-0.4, -0.2) is 48.1 Å². The summed E-state index contributed by atoms with van der Waals surface area (Å²) in [5.74, 6) is 0.803. The molecule has 0 amide bonds. The quantitative estimate of drug-likeness (QED) is 0.724. The normalized spacial score (nSPS) is 30.2. The van der Waals surface area contributed by atoms with Gasteiger partial charge in [0.05, 0.1) is 6.54 Å². The van der Waals surface area contributed by atoms with Crippen molar-refractivity contribution in [3.8, 4) is 0 Å². The Hall–Kier alpha value is -0.670. The van der Waals surface area contributed by atoms with Crippen LogP contribution in [0.4, 0.5) is 4.39 Å². The van der Waals surface area contributed by atoms with Crippen molar-refractivity contribution in [2.24, 2.45) is 11.8 Å². The van der Waals surface area contributed by atoms with Gasteiger partial charge in [0.15, 0.2) is 0 Å². The number of rotatable bonds is 3. The van der Waals surface area contributed by atoms with E-state index in [-0.39, 0.29) is 5.83 Å². The fourth-order valence-electron chi connectivity index (χ4n) is 3.00. The van der Waals surface area contributed by atoms with Crippen LogP contribution in [0.25, 0.3) is 0 Å². The molecule has 0 N–H and O–H groups in total. The summed E-state index contributed by atoms with van der Waals surface area (Å²) in [6.45, 7) is 12.3. The third-order valence-electron chi connectivity index (χ3n) is 4.37. The van der Waals surface area contributed by atoms with Crippen molar-refractivity contribution < 1.29 is 4.39 Å². The predicted molar refractivity (Wildman–Crippen MR) is 78.7 cm³/mol. The lowest BCUT2D eigenvalue weighted by Gasteiger charge is -2.39. The SMILES string of the molecule is CC(C)N1CC=CC(C2C=C(F)CN(C(C)C)C2)C1. The van der Waals surface area contributed by atoms with E-state index in [1.54, 1.807) is 0 Å². The first-order chi connectivity index (χ1) is 8.97. The molecule has 2 nitrogen and oxygen atoms in total. The Bertz CT molecular complexity index is 360. The van der Waals surface area contributed by atoms with Gasteiger partial charge in [0, 0.05) is 31.7 Å². The van der Waals surface area contributed by atoms with Crippen molar-refractivity contribution in [3.05, 3.63) is 24.1 Å². The van der Waals surface area contributed by atoms with Gasteiger partial charge in [0.2, 0.25) is 0 Å². The molecule has 19 heavy (non-hydrogen) atoms. The Labute approximate surface area is 117 Å². The fraction of sp³-hybridized carbons (Fsp3) is 0.750. The van der Waals surface area contributed by atoms with Crippen LogP contribution in [0.3, 0.4) is 0 Å². The Morgan fingerprint density at radius 2 is 1.68 bits per heavy atom. The molecule has 0 fully saturated rings. The fourth-order valence-corrected chi connectivity index (χ4v) is 3.00. The van der Waals surface area contributed by atoms with E-state index in [4.69, 9.17) is 0 Å². The minimum Gasteiger partial charge on any atom is -0.297 e. The van der Waals surface area contributed by atoms with Crippen LogP contribution in [0, 0.1) is 11.8 Å². The Balaban J connectivity index is 2.06. The van der Waals surface area contributed by atoms with Gasteiger partial charge in [-0.2, -0.15) is 0 Å². The lowest BCUT2D eigenvalue weighted by atomic mass is 9.86. The molecule has 0 aromatic rings. The lowest BCUT2D eigenvalue weighted by molar-refractivity contribution is 0.140. The van der Waals surface area contributed by atoms with Gasteiger partial charge < -0.3 is 0 Å². The summed E-state index contributed by atoms with van der Waals surface area (Å²) >= 11 is 0. The number of halogens is 1. The number of hydrogen-bond acceptors (Lipinski definition) is 2. The van der Waals surface area contributed by atoms with E-state index in [0.717, 1.165) is 19.6 Å². The largest absolute Gasteiger partial charge is 0.297 e. The van der Waals surface area contributed by atoms with Gasteiger partial charge in [-0.25, -0.2) is 4.39 Å². The summed E-state index contributed by atoms with van der Waals surface area (Å²) in [5, 5.41) is 0. The molecule has 0 radical (unpaired) electrons. The van der Waals surface area contributed by atoms with Gasteiger partial charge >= 0.3 is 0 Å². The van der Waals surface area contributed by atoms with E-state index in [9.17, 15) is 4.39 Å². The molecule has 0 aromatic heterocycles. The first-order valence-corrected chi connectivity index (χ1v) is 7.48. The molecule has 0 aromatic carbocycles. The lowest BCUT2D eigenvalue weighted by Crippen LogP contribution is -2.45. The molecule has 2 aliphatic rings. The smallest absolute Gasteiger partial charge is 0.110 e. The molecular formula is C16H27FN2. The molecule has 0 spiro atoms. The van der Waals surface area contributed by atoms with Gasteiger partial charge in [-0.05, 0) is 45.6 Å². The highest BCUT2D eigenvalue weighted by molar-refractivity contribution is 5.11. The van der Waals surface area contributed by atoms with E-state index in [1.807, 2.05) is 6.08 Å². The van der Waals surface area contributed by atoms with Crippen molar-refractivity contribution in [3.63, 3.8) is 0 Å². The minimum absolute atomic E-state index is 0.0417. The summed E-state index contributed by atoms with van der Waals surface area (Å²) < 4.78 is 13.8. The maximum absolute atomic E-state index is 13.8. The van der Waals surface area contributed by atoms with Crippen LogP contribution in [0.5, 0.6) is 0 Å². The number of hydrogen-bond donors (Lipinski definition) is 0. The molecule has 0 saturated carbocycles. The monoisotopic (exact) mass is 266 g/mol. The van der Waals surface area contributed by atoms with Crippen molar-refractivity contribution in [1.82, 2.24) is 9.80 Å². The molecule has 108 valence electrons. The molecular weight excluding hydrogens is 239 g/mol. The van der Waals surface area contributed by atoms with E-state index < -0.39 is 0 Å². The maximum Gasteiger partial charge on any atom is 0.110 e. The van der Waals surface area contributed by atoms with E-state index >= 15 is 0 Å². The van der Waals surface area contributed by atoms with Gasteiger partial charge in [-0.15, -0.1) is 0 Å². The topological polar surface area (TPSA) is 6.48 Å². The van der Waals surface area contributed by atoms with Crippen LogP contribution < -0.4 is 0 Å². The average Bonchev–Trinajstić information content (AvgIpc) is 2.38. The van der Waals surface area contributed by atoms with Crippen molar-refractivity contribution in [2.45, 2.75) is 39.8 Å². The summed E-state index contributed by atoms with van der Waals surface area (Å²) in [5.41, 5.74) is 0. The summed E-state index contributed by atoms with van der Waals surface area (Å²) in [6.07, 6.45) is 6.39. The number of nitrogens with zero attached hydrogens (tertiary/aromatic N) is 2. The van der Waals surface area contributed by atoms with Gasteiger partial charge in [-0.3, -0.25) is 9.80 Å².